The molecule has 0 bridgehead atoms. The van der Waals surface area contributed by atoms with Gasteiger partial charge in [-0.1, -0.05) is 18.2 Å². The standard InChI is InChI=1S/C26H29F3N2O4/c1-15-10-18-17-6-4-5-7-21(17)30-24(18)25(31(15)14-26(2,3)29)23-19(27)11-16(12-20(23)28)35-9-8-34-13-22(32)33/h4-7,11-12,15,25,30H,8-10,13-14H2,1-3H3,(H,32,33)/t15-,25-/m1/s1. The first-order valence-electron chi connectivity index (χ1n) is 11.5. The third-order valence-corrected chi connectivity index (χ3v) is 6.12. The average molecular weight is 491 g/mol. The molecule has 2 N–H and O–H groups in total. The van der Waals surface area contributed by atoms with Gasteiger partial charge in [-0.05, 0) is 38.8 Å². The number of nitrogens with zero attached hydrogens (tertiary/aromatic N) is 1. The van der Waals surface area contributed by atoms with Gasteiger partial charge in [0.15, 0.2) is 0 Å². The lowest BCUT2D eigenvalue weighted by Gasteiger charge is -2.43. The summed E-state index contributed by atoms with van der Waals surface area (Å²) in [5.74, 6) is -2.78. The van der Waals surface area contributed by atoms with E-state index in [0.29, 0.717) is 12.1 Å². The van der Waals surface area contributed by atoms with Crippen molar-refractivity contribution in [1.82, 2.24) is 9.88 Å². The lowest BCUT2D eigenvalue weighted by atomic mass is 9.87. The number of para-hydroxylation sites is 1. The molecule has 0 amide bonds. The Morgan fingerprint density at radius 1 is 1.20 bits per heavy atom. The number of carbonyl (C=O) groups is 1. The minimum absolute atomic E-state index is 0.00825. The van der Waals surface area contributed by atoms with Crippen LogP contribution in [-0.2, 0) is 16.0 Å². The lowest BCUT2D eigenvalue weighted by Crippen LogP contribution is -2.48. The van der Waals surface area contributed by atoms with Crippen LogP contribution >= 0.6 is 0 Å². The molecular weight excluding hydrogens is 461 g/mol. The molecule has 1 aromatic heterocycles. The first kappa shape index (κ1) is 25.1. The van der Waals surface area contributed by atoms with Crippen molar-refractivity contribution in [2.45, 2.75) is 44.9 Å². The highest BCUT2D eigenvalue weighted by Crippen LogP contribution is 2.43. The van der Waals surface area contributed by atoms with Gasteiger partial charge in [0, 0.05) is 46.9 Å². The number of fused-ring (bicyclic) bond motifs is 3. The average Bonchev–Trinajstić information content (AvgIpc) is 3.12. The zero-order valence-electron chi connectivity index (χ0n) is 19.9. The van der Waals surface area contributed by atoms with Crippen LogP contribution in [0.1, 0.15) is 43.6 Å². The van der Waals surface area contributed by atoms with Crippen molar-refractivity contribution in [2.75, 3.05) is 26.4 Å². The van der Waals surface area contributed by atoms with E-state index in [1.165, 1.54) is 13.8 Å². The van der Waals surface area contributed by atoms with E-state index < -0.39 is 35.9 Å². The van der Waals surface area contributed by atoms with Gasteiger partial charge in [0.25, 0.3) is 0 Å². The molecule has 0 saturated heterocycles. The first-order valence-corrected chi connectivity index (χ1v) is 11.5. The molecule has 0 aliphatic carbocycles. The summed E-state index contributed by atoms with van der Waals surface area (Å²) in [6.45, 7) is 4.23. The monoisotopic (exact) mass is 490 g/mol. The summed E-state index contributed by atoms with van der Waals surface area (Å²) in [5, 5.41) is 9.58. The fraction of sp³-hybridized carbons (Fsp3) is 0.423. The van der Waals surface area contributed by atoms with E-state index in [4.69, 9.17) is 14.6 Å². The lowest BCUT2D eigenvalue weighted by molar-refractivity contribution is -0.142. The zero-order valence-corrected chi connectivity index (χ0v) is 19.9. The first-order chi connectivity index (χ1) is 16.5. The van der Waals surface area contributed by atoms with Crippen LogP contribution in [0.3, 0.4) is 0 Å². The molecule has 0 fully saturated rings. The van der Waals surface area contributed by atoms with Gasteiger partial charge in [-0.25, -0.2) is 18.0 Å². The van der Waals surface area contributed by atoms with Crippen molar-refractivity contribution >= 4 is 16.9 Å². The van der Waals surface area contributed by atoms with E-state index >= 15 is 8.78 Å². The molecule has 0 spiro atoms. The van der Waals surface area contributed by atoms with Gasteiger partial charge in [-0.15, -0.1) is 0 Å². The zero-order chi connectivity index (χ0) is 25.3. The van der Waals surface area contributed by atoms with Gasteiger partial charge in [-0.3, -0.25) is 4.90 Å². The second kappa shape index (κ2) is 9.91. The quantitative estimate of drug-likeness (QED) is 0.413. The number of ether oxygens (including phenoxy) is 2. The summed E-state index contributed by atoms with van der Waals surface area (Å²) in [6, 6.07) is 8.85. The number of alkyl halides is 1. The van der Waals surface area contributed by atoms with Gasteiger partial charge in [0.05, 0.1) is 12.6 Å². The van der Waals surface area contributed by atoms with Gasteiger partial charge in [0.1, 0.15) is 36.3 Å². The maximum atomic E-state index is 15.5. The van der Waals surface area contributed by atoms with Crippen molar-refractivity contribution < 1.29 is 32.5 Å². The molecule has 2 aromatic carbocycles. The van der Waals surface area contributed by atoms with Crippen molar-refractivity contribution in [2.24, 2.45) is 0 Å². The smallest absolute Gasteiger partial charge is 0.329 e. The Hall–Kier alpha value is -3.04. The highest BCUT2D eigenvalue weighted by atomic mass is 19.1. The van der Waals surface area contributed by atoms with Crippen molar-refractivity contribution in [3.63, 3.8) is 0 Å². The molecule has 6 nitrogen and oxygen atoms in total. The van der Waals surface area contributed by atoms with E-state index in [-0.39, 0.29) is 37.1 Å². The molecule has 9 heteroatoms. The second-order valence-electron chi connectivity index (χ2n) is 9.50. The minimum atomic E-state index is -1.58. The normalized spacial score (nSPS) is 18.6. The van der Waals surface area contributed by atoms with E-state index in [9.17, 15) is 9.18 Å². The molecule has 2 atom stereocenters. The number of aromatic amines is 1. The van der Waals surface area contributed by atoms with Crippen LogP contribution in [0.25, 0.3) is 10.9 Å². The number of carboxylic acid groups (broad SMARTS) is 1. The van der Waals surface area contributed by atoms with Gasteiger partial charge in [-0.2, -0.15) is 0 Å². The van der Waals surface area contributed by atoms with Crippen LogP contribution in [0.4, 0.5) is 13.2 Å². The molecule has 0 radical (unpaired) electrons. The molecule has 2 heterocycles. The van der Waals surface area contributed by atoms with Crippen LogP contribution in [-0.4, -0.2) is 59.0 Å². The van der Waals surface area contributed by atoms with Crippen LogP contribution in [0.15, 0.2) is 36.4 Å². The number of H-pyrrole nitrogens is 1. The summed E-state index contributed by atoms with van der Waals surface area (Å²) in [4.78, 5) is 15.6. The van der Waals surface area contributed by atoms with Gasteiger partial charge >= 0.3 is 5.97 Å². The van der Waals surface area contributed by atoms with Crippen LogP contribution in [0.5, 0.6) is 5.75 Å². The molecular formula is C26H29F3N2O4. The van der Waals surface area contributed by atoms with Crippen molar-refractivity contribution in [3.8, 4) is 5.75 Å². The highest BCUT2D eigenvalue weighted by molar-refractivity contribution is 5.85. The number of halogens is 3. The second-order valence-corrected chi connectivity index (χ2v) is 9.50. The number of rotatable bonds is 9. The van der Waals surface area contributed by atoms with Crippen LogP contribution in [0.2, 0.25) is 0 Å². The minimum Gasteiger partial charge on any atom is -0.491 e. The molecule has 1 aliphatic rings. The molecule has 0 unspecified atom stereocenters. The number of aromatic nitrogens is 1. The van der Waals surface area contributed by atoms with E-state index in [2.05, 4.69) is 4.98 Å². The van der Waals surface area contributed by atoms with E-state index in [1.807, 2.05) is 31.2 Å². The summed E-state index contributed by atoms with van der Waals surface area (Å²) < 4.78 is 56.1. The Bertz CT molecular complexity index is 1200. The predicted octanol–water partition coefficient (Wildman–Crippen LogP) is 5.01. The maximum absolute atomic E-state index is 15.5. The van der Waals surface area contributed by atoms with Crippen molar-refractivity contribution in [3.05, 3.63) is 64.9 Å². The molecule has 4 rings (SSSR count). The summed E-state index contributed by atoms with van der Waals surface area (Å²) in [7, 11) is 0. The number of hydrogen-bond acceptors (Lipinski definition) is 4. The maximum Gasteiger partial charge on any atom is 0.329 e. The largest absolute Gasteiger partial charge is 0.491 e. The van der Waals surface area contributed by atoms with Crippen molar-refractivity contribution in [1.29, 1.82) is 0 Å². The highest BCUT2D eigenvalue weighted by Gasteiger charge is 2.41. The van der Waals surface area contributed by atoms with Gasteiger partial charge < -0.3 is 19.6 Å². The van der Waals surface area contributed by atoms with Gasteiger partial charge in [0.2, 0.25) is 0 Å². The number of benzene rings is 2. The summed E-state index contributed by atoms with van der Waals surface area (Å²) >= 11 is 0. The Morgan fingerprint density at radius 2 is 1.89 bits per heavy atom. The SMILES string of the molecule is C[C@@H]1Cc2c([nH]c3ccccc23)[C@@H](c2c(F)cc(OCCOCC(=O)O)cc2F)N1CC(C)(C)F. The molecule has 0 saturated carbocycles. The fourth-order valence-corrected chi connectivity index (χ4v) is 4.78. The fourth-order valence-electron chi connectivity index (χ4n) is 4.78. The predicted molar refractivity (Wildman–Crippen MR) is 126 cm³/mol. The molecule has 3 aromatic rings. The third kappa shape index (κ3) is 5.46. The molecule has 188 valence electrons. The Kier molecular flexibility index (Phi) is 7.10. The molecule has 35 heavy (non-hydrogen) atoms. The van der Waals surface area contributed by atoms with Crippen LogP contribution in [0, 0.1) is 11.6 Å². The van der Waals surface area contributed by atoms with E-state index in [1.54, 1.807) is 4.90 Å². The third-order valence-electron chi connectivity index (χ3n) is 6.12. The Morgan fingerprint density at radius 3 is 2.54 bits per heavy atom. The Balaban J connectivity index is 1.71. The van der Waals surface area contributed by atoms with Crippen LogP contribution < -0.4 is 4.74 Å². The number of hydrogen-bond donors (Lipinski definition) is 2. The number of carboxylic acids is 1. The van der Waals surface area contributed by atoms with E-state index in [0.717, 1.165) is 28.6 Å². The number of nitrogens with one attached hydrogen (secondary N) is 1. The summed E-state index contributed by atoms with van der Waals surface area (Å²) in [5.41, 5.74) is 0.728. The summed E-state index contributed by atoms with van der Waals surface area (Å²) in [6.07, 6.45) is 0.618. The number of aliphatic carboxylic acids is 1. The molecule has 1 aliphatic heterocycles. The topological polar surface area (TPSA) is 74.8 Å². The Labute approximate surface area is 201 Å².